The third-order valence-corrected chi connectivity index (χ3v) is 3.06. The van der Waals surface area contributed by atoms with Gasteiger partial charge in [0.2, 0.25) is 0 Å². The topological polar surface area (TPSA) is 98.7 Å². The number of aliphatic hydroxyl groups excluding tert-OH is 2. The van der Waals surface area contributed by atoms with Crippen LogP contribution in [-0.4, -0.2) is 59.2 Å². The van der Waals surface area contributed by atoms with Gasteiger partial charge < -0.3 is 20.8 Å². The van der Waals surface area contributed by atoms with E-state index in [1.165, 1.54) is 13.8 Å². The van der Waals surface area contributed by atoms with E-state index in [-0.39, 0.29) is 12.8 Å². The Morgan fingerprint density at radius 1 is 0.864 bits per heavy atom. The number of halogens is 4. The molecule has 4 N–H and O–H groups in total. The number of alkyl halides is 4. The first-order valence-corrected chi connectivity index (χ1v) is 6.67. The van der Waals surface area contributed by atoms with Crippen LogP contribution in [0.1, 0.15) is 26.7 Å². The van der Waals surface area contributed by atoms with Crippen molar-refractivity contribution in [3.8, 4) is 0 Å². The Labute approximate surface area is 124 Å². The second kappa shape index (κ2) is 8.28. The van der Waals surface area contributed by atoms with Crippen molar-refractivity contribution < 1.29 is 37.4 Å². The van der Waals surface area contributed by atoms with Crippen molar-refractivity contribution in [2.75, 3.05) is 13.2 Å². The maximum atomic E-state index is 13.6. The monoisotopic (exact) mass is 332 g/mol. The molecule has 0 unspecified atom stereocenters. The van der Waals surface area contributed by atoms with Gasteiger partial charge in [0.1, 0.15) is 0 Å². The number of hydrogen-bond acceptors (Lipinski definition) is 4. The summed E-state index contributed by atoms with van der Waals surface area (Å²) in [6.07, 6.45) is 0.0804. The fraction of sp³-hybridized carbons (Fsp3) is 0.833. The summed E-state index contributed by atoms with van der Waals surface area (Å²) in [5.41, 5.74) is 0. The maximum absolute atomic E-state index is 13.6. The van der Waals surface area contributed by atoms with Crippen LogP contribution < -0.4 is 10.6 Å². The molecule has 0 spiro atoms. The molecule has 0 radical (unpaired) electrons. The van der Waals surface area contributed by atoms with Crippen molar-refractivity contribution in [2.24, 2.45) is 0 Å². The number of carbonyl (C=O) groups is 2. The Morgan fingerprint density at radius 2 is 1.14 bits per heavy atom. The van der Waals surface area contributed by atoms with E-state index >= 15 is 0 Å². The Bertz CT molecular complexity index is 349. The summed E-state index contributed by atoms with van der Waals surface area (Å²) in [5.74, 6) is -15.3. The lowest BCUT2D eigenvalue weighted by molar-refractivity contribution is -0.212. The molecule has 2 amide bonds. The van der Waals surface area contributed by atoms with Crippen molar-refractivity contribution in [1.82, 2.24) is 10.6 Å². The summed E-state index contributed by atoms with van der Waals surface area (Å²) in [4.78, 5) is 22.6. The van der Waals surface area contributed by atoms with Crippen molar-refractivity contribution in [3.63, 3.8) is 0 Å². The van der Waals surface area contributed by atoms with Gasteiger partial charge in [0.05, 0.1) is 25.3 Å². The lowest BCUT2D eigenvalue weighted by Gasteiger charge is -2.27. The number of amides is 2. The fourth-order valence-electron chi connectivity index (χ4n) is 1.39. The molecule has 0 aliphatic carbocycles. The summed E-state index contributed by atoms with van der Waals surface area (Å²) in [5, 5.41) is 20.7. The zero-order chi connectivity index (χ0) is 17.6. The molecule has 130 valence electrons. The maximum Gasteiger partial charge on any atom is 0.395 e. The molecule has 6 nitrogen and oxygen atoms in total. The van der Waals surface area contributed by atoms with Gasteiger partial charge in [-0.2, -0.15) is 17.6 Å². The number of carbonyl (C=O) groups excluding carboxylic acids is 2. The highest BCUT2D eigenvalue weighted by molar-refractivity contribution is 5.95. The minimum atomic E-state index is -5.30. The quantitative estimate of drug-likeness (QED) is 0.448. The Hall–Kier alpha value is -1.42. The van der Waals surface area contributed by atoms with Crippen LogP contribution in [0.25, 0.3) is 0 Å². The average molecular weight is 332 g/mol. The van der Waals surface area contributed by atoms with Gasteiger partial charge in [-0.05, 0) is 12.8 Å². The molecule has 0 aromatic heterocycles. The van der Waals surface area contributed by atoms with E-state index in [1.54, 1.807) is 10.6 Å². The third kappa shape index (κ3) is 4.54. The molecule has 10 heteroatoms. The molecule has 0 bridgehead atoms. The molecule has 0 fully saturated rings. The number of rotatable bonds is 9. The molecule has 0 aromatic rings. The fourth-order valence-corrected chi connectivity index (χ4v) is 1.39. The van der Waals surface area contributed by atoms with Crippen LogP contribution in [0, 0.1) is 0 Å². The molecule has 0 saturated heterocycles. The van der Waals surface area contributed by atoms with E-state index in [1.807, 2.05) is 0 Å². The number of nitrogens with one attached hydrogen (secondary N) is 2. The van der Waals surface area contributed by atoms with Crippen LogP contribution in [-0.2, 0) is 9.59 Å². The number of aliphatic hydroxyl groups is 2. The van der Waals surface area contributed by atoms with Crippen LogP contribution in [0.4, 0.5) is 17.6 Å². The highest BCUT2D eigenvalue weighted by Gasteiger charge is 2.67. The highest BCUT2D eigenvalue weighted by atomic mass is 19.3. The van der Waals surface area contributed by atoms with Crippen LogP contribution >= 0.6 is 0 Å². The average Bonchev–Trinajstić information content (AvgIpc) is 2.48. The molecule has 2 atom stereocenters. The SMILES string of the molecule is CC[C@H](CO)NC(=O)C(F)(F)C(F)(F)C(=O)N[C@H](CC)CO. The van der Waals surface area contributed by atoms with Gasteiger partial charge in [-0.1, -0.05) is 13.8 Å². The van der Waals surface area contributed by atoms with E-state index in [0.29, 0.717) is 0 Å². The largest absolute Gasteiger partial charge is 0.395 e. The number of hydrogen-bond donors (Lipinski definition) is 4. The van der Waals surface area contributed by atoms with Gasteiger partial charge in [0.25, 0.3) is 11.8 Å². The van der Waals surface area contributed by atoms with Crippen LogP contribution in [0.15, 0.2) is 0 Å². The molecule has 22 heavy (non-hydrogen) atoms. The minimum Gasteiger partial charge on any atom is -0.394 e. The first-order chi connectivity index (χ1) is 10.1. The van der Waals surface area contributed by atoms with E-state index < -0.39 is 49.0 Å². The lowest BCUT2D eigenvalue weighted by Crippen LogP contribution is -2.62. The minimum absolute atomic E-state index is 0.0402. The van der Waals surface area contributed by atoms with Crippen LogP contribution in [0.3, 0.4) is 0 Å². The summed E-state index contributed by atoms with van der Waals surface area (Å²) in [6, 6.07) is -2.25. The summed E-state index contributed by atoms with van der Waals surface area (Å²) in [6.45, 7) is 1.46. The van der Waals surface area contributed by atoms with Crippen molar-refractivity contribution in [2.45, 2.75) is 50.6 Å². The predicted octanol–water partition coefficient (Wildman–Crippen LogP) is 0.0312. The first kappa shape index (κ1) is 20.6. The summed E-state index contributed by atoms with van der Waals surface area (Å²) in [7, 11) is 0. The van der Waals surface area contributed by atoms with Gasteiger partial charge >= 0.3 is 11.8 Å². The third-order valence-electron chi connectivity index (χ3n) is 3.06. The Morgan fingerprint density at radius 3 is 1.32 bits per heavy atom. The molecule has 0 rings (SSSR count). The second-order valence-electron chi connectivity index (χ2n) is 4.67. The molecule has 0 aromatic carbocycles. The van der Waals surface area contributed by atoms with E-state index in [2.05, 4.69) is 0 Å². The molecule has 0 saturated carbocycles. The van der Waals surface area contributed by atoms with Gasteiger partial charge in [-0.25, -0.2) is 0 Å². The van der Waals surface area contributed by atoms with Crippen LogP contribution in [0.5, 0.6) is 0 Å². The first-order valence-electron chi connectivity index (χ1n) is 6.67. The lowest BCUT2D eigenvalue weighted by atomic mass is 10.1. The zero-order valence-electron chi connectivity index (χ0n) is 12.2. The van der Waals surface area contributed by atoms with Gasteiger partial charge in [0.15, 0.2) is 0 Å². The summed E-state index contributed by atoms with van der Waals surface area (Å²) >= 11 is 0. The van der Waals surface area contributed by atoms with Gasteiger partial charge in [-0.15, -0.1) is 0 Å². The van der Waals surface area contributed by atoms with E-state index in [4.69, 9.17) is 10.2 Å². The molecular formula is C12H20F4N2O4. The van der Waals surface area contributed by atoms with E-state index in [0.717, 1.165) is 0 Å². The predicted molar refractivity (Wildman–Crippen MR) is 68.5 cm³/mol. The van der Waals surface area contributed by atoms with Crippen molar-refractivity contribution >= 4 is 11.8 Å². The molecule has 0 aliphatic rings. The zero-order valence-corrected chi connectivity index (χ0v) is 12.2. The van der Waals surface area contributed by atoms with Crippen molar-refractivity contribution in [3.05, 3.63) is 0 Å². The molecule has 0 aliphatic heterocycles. The van der Waals surface area contributed by atoms with Crippen molar-refractivity contribution in [1.29, 1.82) is 0 Å². The van der Waals surface area contributed by atoms with Gasteiger partial charge in [-0.3, -0.25) is 9.59 Å². The Kier molecular flexibility index (Phi) is 7.74. The standard InChI is InChI=1S/C12H20F4N2O4/c1-3-7(5-19)17-9(21)11(13,14)12(15,16)10(22)18-8(4-2)6-20/h7-8,19-20H,3-6H2,1-2H3,(H,17,21)(H,18,22)/t7-,8-/m1/s1. The molecular weight excluding hydrogens is 312 g/mol. The highest BCUT2D eigenvalue weighted by Crippen LogP contribution is 2.35. The van der Waals surface area contributed by atoms with Gasteiger partial charge in [0, 0.05) is 0 Å². The summed E-state index contributed by atoms with van der Waals surface area (Å²) < 4.78 is 54.3. The second-order valence-corrected chi connectivity index (χ2v) is 4.67. The van der Waals surface area contributed by atoms with Crippen LogP contribution in [0.2, 0.25) is 0 Å². The normalized spacial score (nSPS) is 15.1. The smallest absolute Gasteiger partial charge is 0.394 e. The van der Waals surface area contributed by atoms with E-state index in [9.17, 15) is 27.2 Å². The Balaban J connectivity index is 5.12. The molecule has 0 heterocycles.